The predicted octanol–water partition coefficient (Wildman–Crippen LogP) is 2.98. The number of halogens is 3. The van der Waals surface area contributed by atoms with Crippen molar-refractivity contribution < 1.29 is 23.1 Å². The molecule has 1 N–H and O–H groups in total. The number of rotatable bonds is 3. The Morgan fingerprint density at radius 1 is 1.09 bits per heavy atom. The summed E-state index contributed by atoms with van der Waals surface area (Å²) >= 11 is 0. The maximum Gasteiger partial charge on any atom is 0.490 e. The number of benzene rings is 2. The zero-order chi connectivity index (χ0) is 23.6. The Morgan fingerprint density at radius 2 is 1.66 bits per heavy atom. The quantitative estimate of drug-likeness (QED) is 0.668. The largest absolute Gasteiger partial charge is 0.490 e. The fraction of sp³-hybridized carbons (Fsp3) is 0.318. The summed E-state index contributed by atoms with van der Waals surface area (Å²) in [6.45, 7) is 2.95. The van der Waals surface area contributed by atoms with E-state index in [0.717, 1.165) is 30.7 Å². The van der Waals surface area contributed by atoms with Gasteiger partial charge < -0.3 is 5.11 Å². The highest BCUT2D eigenvalue weighted by molar-refractivity contribution is 5.76. The van der Waals surface area contributed by atoms with Gasteiger partial charge in [0.1, 0.15) is 0 Å². The van der Waals surface area contributed by atoms with Gasteiger partial charge in [0, 0.05) is 39.6 Å². The number of carbonyl (C=O) groups is 1. The monoisotopic (exact) mass is 446 g/mol. The first-order valence-electron chi connectivity index (χ1n) is 9.68. The van der Waals surface area contributed by atoms with Crippen LogP contribution in [0.15, 0.2) is 47.3 Å². The van der Waals surface area contributed by atoms with Crippen LogP contribution in [0, 0.1) is 11.3 Å². The van der Waals surface area contributed by atoms with Crippen LogP contribution in [0.1, 0.15) is 22.6 Å². The van der Waals surface area contributed by atoms with Gasteiger partial charge in [-0.15, -0.1) is 0 Å². The van der Waals surface area contributed by atoms with Gasteiger partial charge in [-0.05, 0) is 35.4 Å². The number of imidazole rings is 1. The first-order chi connectivity index (χ1) is 15.0. The van der Waals surface area contributed by atoms with E-state index < -0.39 is 12.1 Å². The van der Waals surface area contributed by atoms with Crippen LogP contribution in [0.4, 0.5) is 13.2 Å². The average molecular weight is 446 g/mol. The number of nitrogens with zero attached hydrogens (tertiary/aromatic N) is 4. The van der Waals surface area contributed by atoms with Crippen LogP contribution < -0.4 is 5.69 Å². The number of likely N-dealkylation sites (tertiary alicyclic amines) is 1. The summed E-state index contributed by atoms with van der Waals surface area (Å²) in [6.07, 6.45) is -5.08. The van der Waals surface area contributed by atoms with Crippen molar-refractivity contribution in [3.05, 3.63) is 69.6 Å². The van der Waals surface area contributed by atoms with Crippen LogP contribution in [0.5, 0.6) is 0 Å². The van der Waals surface area contributed by atoms with Gasteiger partial charge >= 0.3 is 17.8 Å². The van der Waals surface area contributed by atoms with Crippen molar-refractivity contribution in [2.24, 2.45) is 14.1 Å². The molecule has 0 aliphatic carbocycles. The Kier molecular flexibility index (Phi) is 6.41. The van der Waals surface area contributed by atoms with E-state index in [9.17, 15) is 18.0 Å². The van der Waals surface area contributed by atoms with Gasteiger partial charge in [-0.3, -0.25) is 14.0 Å². The molecule has 3 aromatic rings. The summed E-state index contributed by atoms with van der Waals surface area (Å²) in [7, 11) is 3.63. The number of hydrogen-bond acceptors (Lipinski definition) is 4. The van der Waals surface area contributed by atoms with Crippen molar-refractivity contribution in [2.45, 2.75) is 18.6 Å². The van der Waals surface area contributed by atoms with Gasteiger partial charge in [0.25, 0.3) is 0 Å². The van der Waals surface area contributed by atoms with Gasteiger partial charge in [-0.2, -0.15) is 18.4 Å². The van der Waals surface area contributed by atoms with Crippen LogP contribution in [0.25, 0.3) is 11.0 Å². The molecule has 2 aromatic carbocycles. The van der Waals surface area contributed by atoms with Crippen molar-refractivity contribution in [2.75, 3.05) is 13.1 Å². The molecule has 1 fully saturated rings. The van der Waals surface area contributed by atoms with Crippen LogP contribution in [0.3, 0.4) is 0 Å². The van der Waals surface area contributed by atoms with Crippen molar-refractivity contribution in [3.63, 3.8) is 0 Å². The fourth-order valence-corrected chi connectivity index (χ4v) is 3.65. The molecule has 1 aliphatic rings. The molecule has 0 radical (unpaired) electrons. The number of alkyl halides is 3. The number of nitriles is 1. The Balaban J connectivity index is 0.000000360. The minimum absolute atomic E-state index is 0.0111. The third-order valence-corrected chi connectivity index (χ3v) is 5.45. The number of aryl methyl sites for hydroxylation is 2. The summed E-state index contributed by atoms with van der Waals surface area (Å²) in [6, 6.07) is 16.3. The topological polar surface area (TPSA) is 91.3 Å². The summed E-state index contributed by atoms with van der Waals surface area (Å²) in [5.74, 6) is -2.22. The molecule has 1 aliphatic heterocycles. The van der Waals surface area contributed by atoms with Gasteiger partial charge in [-0.25, -0.2) is 9.59 Å². The Bertz CT molecular complexity index is 1230. The third-order valence-electron chi connectivity index (χ3n) is 5.45. The van der Waals surface area contributed by atoms with Crippen LogP contribution in [-0.4, -0.2) is 44.4 Å². The van der Waals surface area contributed by atoms with Gasteiger partial charge in [0.15, 0.2) is 0 Å². The van der Waals surface area contributed by atoms with E-state index in [1.165, 1.54) is 11.1 Å². The van der Waals surface area contributed by atoms with E-state index >= 15 is 0 Å². The van der Waals surface area contributed by atoms with Crippen molar-refractivity contribution >= 4 is 17.0 Å². The lowest BCUT2D eigenvalue weighted by Crippen LogP contribution is -2.44. The maximum atomic E-state index is 12.0. The Hall–Kier alpha value is -3.58. The standard InChI is InChI=1S/C20H20N4O.C2HF3O2/c1-22-18-8-5-15(9-19(18)23(2)20(22)25)11-24-12-17(13-24)16-6-3-14(10-21)4-7-16;3-2(4,5)1(6)7/h3-9,17H,11-13H2,1-2H3;(H,6,7). The number of carboxylic acid groups (broad SMARTS) is 1. The molecule has 168 valence electrons. The van der Waals surface area contributed by atoms with E-state index in [1.807, 2.05) is 32.3 Å². The van der Waals surface area contributed by atoms with E-state index in [0.29, 0.717) is 11.5 Å². The molecule has 10 heteroatoms. The normalized spacial score (nSPS) is 14.4. The molecule has 0 bridgehead atoms. The molecule has 0 spiro atoms. The summed E-state index contributed by atoms with van der Waals surface area (Å²) in [4.78, 5) is 23.3. The summed E-state index contributed by atoms with van der Waals surface area (Å²) in [5.41, 5.74) is 5.20. The van der Waals surface area contributed by atoms with Crippen LogP contribution in [-0.2, 0) is 25.4 Å². The average Bonchev–Trinajstić information content (AvgIpc) is 2.94. The molecule has 0 unspecified atom stereocenters. The molecule has 32 heavy (non-hydrogen) atoms. The second-order valence-electron chi connectivity index (χ2n) is 7.65. The summed E-state index contributed by atoms with van der Waals surface area (Å²) in [5, 5.41) is 16.0. The number of fused-ring (bicyclic) bond motifs is 1. The molecule has 1 aromatic heterocycles. The predicted molar refractivity (Wildman–Crippen MR) is 111 cm³/mol. The second-order valence-corrected chi connectivity index (χ2v) is 7.65. The zero-order valence-electron chi connectivity index (χ0n) is 17.4. The molecular weight excluding hydrogens is 425 g/mol. The highest BCUT2D eigenvalue weighted by Crippen LogP contribution is 2.29. The van der Waals surface area contributed by atoms with E-state index in [4.69, 9.17) is 15.2 Å². The number of aromatic nitrogens is 2. The Morgan fingerprint density at radius 3 is 2.19 bits per heavy atom. The minimum atomic E-state index is -5.08. The van der Waals surface area contributed by atoms with Gasteiger partial charge in [0.2, 0.25) is 0 Å². The molecule has 4 rings (SSSR count). The third kappa shape index (κ3) is 4.84. The van der Waals surface area contributed by atoms with Crippen molar-refractivity contribution in [1.82, 2.24) is 14.0 Å². The first-order valence-corrected chi connectivity index (χ1v) is 9.68. The van der Waals surface area contributed by atoms with E-state index in [2.05, 4.69) is 35.2 Å². The number of hydrogen-bond donors (Lipinski definition) is 1. The molecule has 7 nitrogen and oxygen atoms in total. The molecule has 2 heterocycles. The molecular formula is C22H21F3N4O3. The van der Waals surface area contributed by atoms with E-state index in [1.54, 1.807) is 9.13 Å². The fourth-order valence-electron chi connectivity index (χ4n) is 3.65. The number of aliphatic carboxylic acids is 1. The van der Waals surface area contributed by atoms with Gasteiger partial charge in [0.05, 0.1) is 22.7 Å². The molecule has 0 saturated carbocycles. The summed E-state index contributed by atoms with van der Waals surface area (Å²) < 4.78 is 35.1. The SMILES string of the molecule is Cn1c(=O)n(C)c2cc(CN3CC(c4ccc(C#N)cc4)C3)ccc21.O=C(O)C(F)(F)F. The van der Waals surface area contributed by atoms with Crippen LogP contribution in [0.2, 0.25) is 0 Å². The molecule has 1 saturated heterocycles. The van der Waals surface area contributed by atoms with E-state index in [-0.39, 0.29) is 5.69 Å². The lowest BCUT2D eigenvalue weighted by atomic mass is 9.90. The smallest absolute Gasteiger partial charge is 0.475 e. The molecule has 0 amide bonds. The zero-order valence-corrected chi connectivity index (χ0v) is 17.4. The Labute approximate surface area is 181 Å². The van der Waals surface area contributed by atoms with Crippen molar-refractivity contribution in [1.29, 1.82) is 5.26 Å². The molecule has 0 atom stereocenters. The lowest BCUT2D eigenvalue weighted by molar-refractivity contribution is -0.192. The lowest BCUT2D eigenvalue weighted by Gasteiger charge is -2.39. The van der Waals surface area contributed by atoms with Gasteiger partial charge in [-0.1, -0.05) is 18.2 Å². The van der Waals surface area contributed by atoms with Crippen LogP contribution >= 0.6 is 0 Å². The minimum Gasteiger partial charge on any atom is -0.475 e. The highest BCUT2D eigenvalue weighted by atomic mass is 19.4. The van der Waals surface area contributed by atoms with Crippen molar-refractivity contribution in [3.8, 4) is 6.07 Å². The first kappa shape index (κ1) is 23.1. The second kappa shape index (κ2) is 8.88. The number of carboxylic acids is 1. The highest BCUT2D eigenvalue weighted by Gasteiger charge is 2.38. The maximum absolute atomic E-state index is 12.0.